The second kappa shape index (κ2) is 8.91. The van der Waals surface area contributed by atoms with E-state index < -0.39 is 11.8 Å². The SMILES string of the molecule is CCc1nn2c(=O)cc(COc3ccc(C=C4C(=O)NN(c5ccccc5)C4=O)cc3)nc2s1. The summed E-state index contributed by atoms with van der Waals surface area (Å²) in [7, 11) is 0. The number of para-hydroxylation sites is 1. The molecular formula is C24H19N5O4S. The van der Waals surface area contributed by atoms with E-state index in [1.54, 1.807) is 48.5 Å². The maximum Gasteiger partial charge on any atom is 0.282 e. The number of aromatic nitrogens is 3. The van der Waals surface area contributed by atoms with E-state index in [2.05, 4.69) is 15.5 Å². The number of ether oxygens (including phenoxy) is 1. The maximum absolute atomic E-state index is 12.7. The zero-order valence-corrected chi connectivity index (χ0v) is 18.9. The molecule has 170 valence electrons. The first kappa shape index (κ1) is 21.5. The van der Waals surface area contributed by atoms with Crippen molar-refractivity contribution < 1.29 is 14.3 Å². The number of hydrogen-bond donors (Lipinski definition) is 1. The molecule has 34 heavy (non-hydrogen) atoms. The van der Waals surface area contributed by atoms with Crippen molar-refractivity contribution in [3.63, 3.8) is 0 Å². The van der Waals surface area contributed by atoms with E-state index in [1.807, 2.05) is 13.0 Å². The molecule has 4 aromatic rings. The van der Waals surface area contributed by atoms with Crippen LogP contribution in [0.1, 0.15) is 23.2 Å². The highest BCUT2D eigenvalue weighted by atomic mass is 32.1. The lowest BCUT2D eigenvalue weighted by Gasteiger charge is -2.13. The monoisotopic (exact) mass is 473 g/mol. The molecule has 9 nitrogen and oxygen atoms in total. The fourth-order valence-electron chi connectivity index (χ4n) is 3.41. The van der Waals surface area contributed by atoms with Crippen LogP contribution >= 0.6 is 11.3 Å². The van der Waals surface area contributed by atoms with Gasteiger partial charge in [0.15, 0.2) is 0 Å². The van der Waals surface area contributed by atoms with E-state index in [4.69, 9.17) is 4.74 Å². The van der Waals surface area contributed by atoms with E-state index in [-0.39, 0.29) is 17.7 Å². The summed E-state index contributed by atoms with van der Waals surface area (Å²) in [4.78, 5) is 42.3. The van der Waals surface area contributed by atoms with Crippen molar-refractivity contribution in [3.05, 3.63) is 92.9 Å². The van der Waals surface area contributed by atoms with Crippen LogP contribution < -0.4 is 20.7 Å². The minimum atomic E-state index is -0.462. The Labute approximate surface area is 197 Å². The number of rotatable bonds is 6. The van der Waals surface area contributed by atoms with Crippen LogP contribution in [0, 0.1) is 0 Å². The smallest absolute Gasteiger partial charge is 0.282 e. The summed E-state index contributed by atoms with van der Waals surface area (Å²) in [6.07, 6.45) is 2.27. The fraction of sp³-hybridized carbons (Fsp3) is 0.125. The molecule has 1 aliphatic rings. The summed E-state index contributed by atoms with van der Waals surface area (Å²) < 4.78 is 7.07. The van der Waals surface area contributed by atoms with Crippen molar-refractivity contribution in [2.45, 2.75) is 20.0 Å². The number of carbonyl (C=O) groups excluding carboxylic acids is 2. The molecule has 0 bridgehead atoms. The molecule has 2 amide bonds. The highest BCUT2D eigenvalue weighted by Crippen LogP contribution is 2.22. The Morgan fingerprint density at radius 3 is 2.56 bits per heavy atom. The van der Waals surface area contributed by atoms with Crippen molar-refractivity contribution in [3.8, 4) is 5.75 Å². The second-order valence-corrected chi connectivity index (χ2v) is 8.50. The van der Waals surface area contributed by atoms with Gasteiger partial charge in [-0.15, -0.1) is 0 Å². The van der Waals surface area contributed by atoms with Crippen molar-refractivity contribution >= 4 is 39.9 Å². The third-order valence-electron chi connectivity index (χ3n) is 5.13. The van der Waals surface area contributed by atoms with Crippen molar-refractivity contribution in [1.82, 2.24) is 20.0 Å². The van der Waals surface area contributed by atoms with Crippen molar-refractivity contribution in [2.24, 2.45) is 0 Å². The molecule has 1 aliphatic heterocycles. The number of amides is 2. The number of carbonyl (C=O) groups is 2. The lowest BCUT2D eigenvalue weighted by molar-refractivity contribution is -0.117. The molecule has 0 atom stereocenters. The molecule has 2 aromatic carbocycles. The molecule has 1 fully saturated rings. The number of hydrazine groups is 1. The highest BCUT2D eigenvalue weighted by Gasteiger charge is 2.34. The quantitative estimate of drug-likeness (QED) is 0.341. The minimum Gasteiger partial charge on any atom is -0.487 e. The van der Waals surface area contributed by atoms with Crippen LogP contribution in [0.15, 0.2) is 71.0 Å². The third kappa shape index (κ3) is 4.18. The zero-order valence-electron chi connectivity index (χ0n) is 18.1. The molecule has 10 heteroatoms. The number of hydrogen-bond acceptors (Lipinski definition) is 7. The Bertz CT molecular complexity index is 1480. The van der Waals surface area contributed by atoms with E-state index >= 15 is 0 Å². The zero-order chi connectivity index (χ0) is 23.7. The summed E-state index contributed by atoms with van der Waals surface area (Å²) >= 11 is 1.38. The lowest BCUT2D eigenvalue weighted by atomic mass is 10.1. The molecular weight excluding hydrogens is 454 g/mol. The topological polar surface area (TPSA) is 106 Å². The Kier molecular flexibility index (Phi) is 5.64. The summed E-state index contributed by atoms with van der Waals surface area (Å²) in [5.74, 6) is -0.314. The Morgan fingerprint density at radius 2 is 1.82 bits per heavy atom. The first-order valence-electron chi connectivity index (χ1n) is 10.6. The minimum absolute atomic E-state index is 0.0477. The van der Waals surface area contributed by atoms with E-state index in [1.165, 1.54) is 33.0 Å². The van der Waals surface area contributed by atoms with Crippen molar-refractivity contribution in [2.75, 3.05) is 5.01 Å². The van der Waals surface area contributed by atoms with Crippen LogP contribution in [0.5, 0.6) is 5.75 Å². The molecule has 0 radical (unpaired) electrons. The van der Waals surface area contributed by atoms with Crippen LogP contribution in [0.4, 0.5) is 5.69 Å². The number of nitrogens with one attached hydrogen (secondary N) is 1. The summed E-state index contributed by atoms with van der Waals surface area (Å²) in [5.41, 5.74) is 4.15. The van der Waals surface area contributed by atoms with Crippen LogP contribution in [0.3, 0.4) is 0 Å². The van der Waals surface area contributed by atoms with E-state index in [0.717, 1.165) is 11.4 Å². The van der Waals surface area contributed by atoms with Gasteiger partial charge in [0.2, 0.25) is 4.96 Å². The predicted molar refractivity (Wildman–Crippen MR) is 127 cm³/mol. The number of aryl methyl sites for hydroxylation is 1. The van der Waals surface area contributed by atoms with Gasteiger partial charge in [-0.1, -0.05) is 48.6 Å². The molecule has 0 spiro atoms. The van der Waals surface area contributed by atoms with Crippen LogP contribution in [0.2, 0.25) is 0 Å². The van der Waals surface area contributed by atoms with Gasteiger partial charge in [-0.05, 0) is 42.3 Å². The van der Waals surface area contributed by atoms with Gasteiger partial charge < -0.3 is 4.74 Å². The van der Waals surface area contributed by atoms with Gasteiger partial charge in [0, 0.05) is 6.07 Å². The van der Waals surface area contributed by atoms with Gasteiger partial charge >= 0.3 is 0 Å². The van der Waals surface area contributed by atoms with Gasteiger partial charge in [0.25, 0.3) is 17.4 Å². The Hall–Kier alpha value is -4.31. The maximum atomic E-state index is 12.7. The molecule has 2 aromatic heterocycles. The van der Waals surface area contributed by atoms with Crippen LogP contribution in [-0.4, -0.2) is 26.4 Å². The molecule has 3 heterocycles. The molecule has 0 aliphatic carbocycles. The molecule has 0 unspecified atom stereocenters. The Morgan fingerprint density at radius 1 is 1.06 bits per heavy atom. The van der Waals surface area contributed by atoms with Gasteiger partial charge in [0.05, 0.1) is 11.4 Å². The predicted octanol–water partition coefficient (Wildman–Crippen LogP) is 2.75. The second-order valence-electron chi connectivity index (χ2n) is 7.46. The van der Waals surface area contributed by atoms with Gasteiger partial charge in [0.1, 0.15) is 22.9 Å². The van der Waals surface area contributed by atoms with Crippen molar-refractivity contribution in [1.29, 1.82) is 0 Å². The summed E-state index contributed by atoms with van der Waals surface area (Å²) in [6, 6.07) is 17.3. The number of anilines is 1. The van der Waals surface area contributed by atoms with Gasteiger partial charge in [-0.2, -0.15) is 9.61 Å². The fourth-order valence-corrected chi connectivity index (χ4v) is 4.27. The normalized spacial score (nSPS) is 14.7. The number of fused-ring (bicyclic) bond motifs is 1. The summed E-state index contributed by atoms with van der Waals surface area (Å²) in [5, 5.41) is 6.30. The van der Waals surface area contributed by atoms with Crippen LogP contribution in [0.25, 0.3) is 11.0 Å². The molecule has 1 N–H and O–H groups in total. The van der Waals surface area contributed by atoms with E-state index in [0.29, 0.717) is 27.7 Å². The Balaban J connectivity index is 1.28. The first-order chi connectivity index (χ1) is 16.5. The summed E-state index contributed by atoms with van der Waals surface area (Å²) in [6.45, 7) is 2.10. The third-order valence-corrected chi connectivity index (χ3v) is 6.18. The standard InChI is InChI=1S/C24H19N5O4S/c1-2-20-26-29-21(30)13-16(25-24(29)34-20)14-33-18-10-8-15(9-11-18)12-19-22(31)27-28(23(19)32)17-6-4-3-5-7-17/h3-13H,2,14H2,1H3,(H,27,31). The molecule has 1 saturated heterocycles. The largest absolute Gasteiger partial charge is 0.487 e. The average Bonchev–Trinajstić information content (AvgIpc) is 3.40. The first-order valence-corrected chi connectivity index (χ1v) is 11.4. The highest BCUT2D eigenvalue weighted by molar-refractivity contribution is 7.16. The average molecular weight is 474 g/mol. The molecule has 0 saturated carbocycles. The van der Waals surface area contributed by atoms with Gasteiger partial charge in [-0.3, -0.25) is 19.8 Å². The van der Waals surface area contributed by atoms with Gasteiger partial charge in [-0.25, -0.2) is 9.99 Å². The number of nitrogens with zero attached hydrogens (tertiary/aromatic N) is 4. The van der Waals surface area contributed by atoms with E-state index in [9.17, 15) is 14.4 Å². The lowest BCUT2D eigenvalue weighted by Crippen LogP contribution is -2.35. The van der Waals surface area contributed by atoms with Crippen LogP contribution in [-0.2, 0) is 22.6 Å². The molecule has 5 rings (SSSR count). The number of benzene rings is 2.